The number of ether oxygens (including phenoxy) is 1. The van der Waals surface area contributed by atoms with Crippen molar-refractivity contribution in [3.63, 3.8) is 0 Å². The lowest BCUT2D eigenvalue weighted by atomic mass is 9.70. The van der Waals surface area contributed by atoms with Gasteiger partial charge in [0.2, 0.25) is 17.7 Å². The fraction of sp³-hybridized carbons (Fsp3) is 0.667. The van der Waals surface area contributed by atoms with E-state index in [1.54, 1.807) is 17.0 Å². The molecular weight excluding hydrogens is 526 g/mol. The Kier molecular flexibility index (Phi) is 8.12. The van der Waals surface area contributed by atoms with Gasteiger partial charge in [-0.2, -0.15) is 0 Å². The third kappa shape index (κ3) is 4.70. The van der Waals surface area contributed by atoms with Gasteiger partial charge in [0.05, 0.1) is 30.6 Å². The molecule has 3 amide bonds. The normalized spacial score (nSPS) is 32.5. The third-order valence-electron chi connectivity index (χ3n) is 7.78. The number of aliphatic hydroxyl groups is 1. The number of rotatable bonds is 10. The summed E-state index contributed by atoms with van der Waals surface area (Å²) in [5.74, 6) is -2.19. The van der Waals surface area contributed by atoms with Gasteiger partial charge >= 0.3 is 0 Å². The number of para-hydroxylation sites is 1. The van der Waals surface area contributed by atoms with Crippen LogP contribution in [0.2, 0.25) is 0 Å². The fourth-order valence-electron chi connectivity index (χ4n) is 6.45. The Morgan fingerprint density at radius 3 is 2.53 bits per heavy atom. The number of halogens is 1. The van der Waals surface area contributed by atoms with Crippen LogP contribution >= 0.6 is 15.9 Å². The maximum absolute atomic E-state index is 14.1. The van der Waals surface area contributed by atoms with E-state index in [9.17, 15) is 19.5 Å². The predicted molar refractivity (Wildman–Crippen MR) is 140 cm³/mol. The van der Waals surface area contributed by atoms with Gasteiger partial charge in [-0.05, 0) is 44.2 Å². The molecule has 8 nitrogen and oxygen atoms in total. The summed E-state index contributed by atoms with van der Waals surface area (Å²) in [6.45, 7) is 7.79. The molecule has 3 fully saturated rings. The number of benzene rings is 1. The molecule has 0 aromatic heterocycles. The molecule has 4 rings (SSSR count). The van der Waals surface area contributed by atoms with Gasteiger partial charge in [0.25, 0.3) is 0 Å². The Labute approximate surface area is 221 Å². The summed E-state index contributed by atoms with van der Waals surface area (Å²) in [4.78, 5) is 42.9. The summed E-state index contributed by atoms with van der Waals surface area (Å²) >= 11 is 3.69. The first-order valence-corrected chi connectivity index (χ1v) is 14.0. The van der Waals surface area contributed by atoms with Crippen LogP contribution in [0.5, 0.6) is 0 Å². The number of amides is 3. The molecule has 8 atom stereocenters. The summed E-state index contributed by atoms with van der Waals surface area (Å²) in [7, 11) is 0. The molecule has 4 unspecified atom stereocenters. The standard InChI is InChI=1S/C27H38BrN3O5/c1-5-9-16(4)29-25(34)23-27-13-19(28)22(36-27)20(24(33)30-17-10-7-6-8-11-17)21(27)26(35)31(23)18(14-32)12-15(2)3/h6-8,10-11,15-16,18-23,32H,5,9,12-14H2,1-4H3,(H,29,34)(H,30,33)/t16?,18-,19?,20-,21+,22-,23?,27?/m1/s1. The molecule has 9 heteroatoms. The summed E-state index contributed by atoms with van der Waals surface area (Å²) in [5.41, 5.74) is -0.488. The van der Waals surface area contributed by atoms with Crippen LogP contribution in [0.25, 0.3) is 0 Å². The van der Waals surface area contributed by atoms with E-state index < -0.39 is 35.6 Å². The number of alkyl halides is 1. The second kappa shape index (κ2) is 10.8. The number of hydrogen-bond donors (Lipinski definition) is 3. The minimum absolute atomic E-state index is 0.0666. The Morgan fingerprint density at radius 2 is 1.92 bits per heavy atom. The minimum atomic E-state index is -1.13. The maximum atomic E-state index is 14.1. The molecule has 2 bridgehead atoms. The van der Waals surface area contributed by atoms with E-state index in [-0.39, 0.29) is 41.1 Å². The Morgan fingerprint density at radius 1 is 1.22 bits per heavy atom. The number of fused-ring (bicyclic) bond motifs is 1. The molecule has 3 aliphatic rings. The van der Waals surface area contributed by atoms with Crippen molar-refractivity contribution in [3.8, 4) is 0 Å². The van der Waals surface area contributed by atoms with Gasteiger partial charge in [0, 0.05) is 16.6 Å². The van der Waals surface area contributed by atoms with Crippen molar-refractivity contribution in [2.75, 3.05) is 11.9 Å². The quantitative estimate of drug-likeness (QED) is 0.379. The third-order valence-corrected chi connectivity index (χ3v) is 8.62. The van der Waals surface area contributed by atoms with Crippen LogP contribution in [0, 0.1) is 17.8 Å². The Balaban J connectivity index is 1.72. The van der Waals surface area contributed by atoms with Crippen LogP contribution in [-0.4, -0.2) is 69.0 Å². The summed E-state index contributed by atoms with van der Waals surface area (Å²) in [5, 5.41) is 16.3. The maximum Gasteiger partial charge on any atom is 0.246 e. The zero-order valence-electron chi connectivity index (χ0n) is 21.4. The molecule has 3 N–H and O–H groups in total. The second-order valence-corrected chi connectivity index (χ2v) is 12.1. The fourth-order valence-corrected chi connectivity index (χ4v) is 7.40. The van der Waals surface area contributed by atoms with E-state index in [4.69, 9.17) is 4.74 Å². The molecule has 0 aliphatic carbocycles. The monoisotopic (exact) mass is 563 g/mol. The minimum Gasteiger partial charge on any atom is -0.394 e. The van der Waals surface area contributed by atoms with Crippen molar-refractivity contribution in [2.24, 2.45) is 17.8 Å². The molecule has 1 spiro atoms. The predicted octanol–water partition coefficient (Wildman–Crippen LogP) is 3.08. The van der Waals surface area contributed by atoms with Crippen molar-refractivity contribution >= 4 is 39.3 Å². The van der Waals surface area contributed by atoms with E-state index in [1.165, 1.54) is 0 Å². The summed E-state index contributed by atoms with van der Waals surface area (Å²) in [6.07, 6.45) is 2.19. The lowest BCUT2D eigenvalue weighted by molar-refractivity contribution is -0.145. The Bertz CT molecular complexity index is 975. The number of nitrogens with zero attached hydrogens (tertiary/aromatic N) is 1. The highest BCUT2D eigenvalue weighted by atomic mass is 79.9. The van der Waals surface area contributed by atoms with Crippen molar-refractivity contribution in [3.05, 3.63) is 30.3 Å². The second-order valence-electron chi connectivity index (χ2n) is 10.9. The molecule has 0 saturated carbocycles. The van der Waals surface area contributed by atoms with E-state index in [1.807, 2.05) is 39.0 Å². The summed E-state index contributed by atoms with van der Waals surface area (Å²) in [6, 6.07) is 7.61. The average molecular weight is 565 g/mol. The lowest BCUT2D eigenvalue weighted by Gasteiger charge is -2.38. The highest BCUT2D eigenvalue weighted by Gasteiger charge is 2.77. The van der Waals surface area contributed by atoms with Crippen LogP contribution in [0.15, 0.2) is 30.3 Å². The van der Waals surface area contributed by atoms with Gasteiger partial charge in [0.1, 0.15) is 11.6 Å². The number of carbonyl (C=O) groups is 3. The number of aliphatic hydroxyl groups excluding tert-OH is 1. The average Bonchev–Trinajstić information content (AvgIpc) is 3.41. The van der Waals surface area contributed by atoms with Crippen LogP contribution in [-0.2, 0) is 19.1 Å². The van der Waals surface area contributed by atoms with Crippen molar-refractivity contribution in [2.45, 2.75) is 88.0 Å². The highest BCUT2D eigenvalue weighted by molar-refractivity contribution is 9.09. The molecule has 36 heavy (non-hydrogen) atoms. The lowest BCUT2D eigenvalue weighted by Crippen LogP contribution is -2.59. The number of carbonyl (C=O) groups excluding carboxylic acids is 3. The molecule has 1 aromatic carbocycles. The number of likely N-dealkylation sites (tertiary alicyclic amines) is 1. The van der Waals surface area contributed by atoms with Gasteiger partial charge in [-0.3, -0.25) is 14.4 Å². The number of hydrogen-bond acceptors (Lipinski definition) is 5. The van der Waals surface area contributed by atoms with Gasteiger partial charge in [-0.25, -0.2) is 0 Å². The van der Waals surface area contributed by atoms with Gasteiger partial charge in [-0.1, -0.05) is 61.3 Å². The summed E-state index contributed by atoms with van der Waals surface area (Å²) < 4.78 is 6.53. The van der Waals surface area contributed by atoms with Crippen molar-refractivity contribution in [1.29, 1.82) is 0 Å². The van der Waals surface area contributed by atoms with Gasteiger partial charge in [-0.15, -0.1) is 0 Å². The highest BCUT2D eigenvalue weighted by Crippen LogP contribution is 2.60. The van der Waals surface area contributed by atoms with Crippen LogP contribution in [0.1, 0.15) is 53.4 Å². The first-order valence-electron chi connectivity index (χ1n) is 13.1. The molecule has 0 radical (unpaired) electrons. The SMILES string of the molecule is CCCC(C)NC(=O)C1N([C@@H](CO)CC(C)C)C(=O)[C@@H]2[C@@H](C(=O)Nc3ccccc3)[C@@H]3OC12CC3Br. The smallest absolute Gasteiger partial charge is 0.246 e. The number of anilines is 1. The van der Waals surface area contributed by atoms with Gasteiger partial charge < -0.3 is 25.4 Å². The first-order chi connectivity index (χ1) is 17.1. The number of nitrogens with one attached hydrogen (secondary N) is 2. The van der Waals surface area contributed by atoms with Crippen LogP contribution < -0.4 is 10.6 Å². The first kappa shape index (κ1) is 27.1. The molecule has 3 saturated heterocycles. The molecular formula is C27H38BrN3O5. The van der Waals surface area contributed by atoms with Crippen LogP contribution in [0.4, 0.5) is 5.69 Å². The Hall–Kier alpha value is -1.97. The largest absolute Gasteiger partial charge is 0.394 e. The van der Waals surface area contributed by atoms with E-state index >= 15 is 0 Å². The zero-order chi connectivity index (χ0) is 26.2. The van der Waals surface area contributed by atoms with E-state index in [0.29, 0.717) is 18.5 Å². The molecule has 3 heterocycles. The van der Waals surface area contributed by atoms with Gasteiger partial charge in [0.15, 0.2) is 0 Å². The van der Waals surface area contributed by atoms with Crippen LogP contribution in [0.3, 0.4) is 0 Å². The van der Waals surface area contributed by atoms with E-state index in [2.05, 4.69) is 33.5 Å². The molecule has 3 aliphatic heterocycles. The van der Waals surface area contributed by atoms with E-state index in [0.717, 1.165) is 12.8 Å². The topological polar surface area (TPSA) is 108 Å². The molecule has 1 aromatic rings. The van der Waals surface area contributed by atoms with Crippen molar-refractivity contribution in [1.82, 2.24) is 10.2 Å². The molecule has 198 valence electrons. The zero-order valence-corrected chi connectivity index (χ0v) is 23.0. The van der Waals surface area contributed by atoms with Crippen molar-refractivity contribution < 1.29 is 24.2 Å².